The SMILES string of the molecule is C=C(C1CCCC(C(C)C)CCC1C(C)=N)C(C)(C)C. The Bertz CT molecular complexity index is 345. The maximum atomic E-state index is 8.22. The van der Waals surface area contributed by atoms with E-state index < -0.39 is 0 Å². The number of allylic oxidation sites excluding steroid dienone is 1. The third-order valence-electron chi connectivity index (χ3n) is 5.33. The molecular formula is C19H35N. The van der Waals surface area contributed by atoms with Crippen molar-refractivity contribution in [2.45, 2.75) is 73.6 Å². The summed E-state index contributed by atoms with van der Waals surface area (Å²) in [6.45, 7) is 17.9. The van der Waals surface area contributed by atoms with E-state index in [0.29, 0.717) is 11.8 Å². The summed E-state index contributed by atoms with van der Waals surface area (Å²) in [6.07, 6.45) is 6.34. The fourth-order valence-corrected chi connectivity index (χ4v) is 3.70. The van der Waals surface area contributed by atoms with Crippen LogP contribution in [-0.4, -0.2) is 5.71 Å². The molecule has 0 heterocycles. The summed E-state index contributed by atoms with van der Waals surface area (Å²) in [5.74, 6) is 2.56. The first-order chi connectivity index (χ1) is 9.14. The molecular weight excluding hydrogens is 242 g/mol. The molecule has 3 atom stereocenters. The molecule has 1 aliphatic rings. The van der Waals surface area contributed by atoms with Gasteiger partial charge in [0.05, 0.1) is 0 Å². The van der Waals surface area contributed by atoms with Crippen molar-refractivity contribution in [3.05, 3.63) is 12.2 Å². The lowest BCUT2D eigenvalue weighted by Gasteiger charge is -2.38. The lowest BCUT2D eigenvalue weighted by Crippen LogP contribution is -2.30. The lowest BCUT2D eigenvalue weighted by atomic mass is 9.67. The second kappa shape index (κ2) is 6.91. The summed E-state index contributed by atoms with van der Waals surface area (Å²) < 4.78 is 0. The van der Waals surface area contributed by atoms with Gasteiger partial charge in [-0.2, -0.15) is 0 Å². The second-order valence-corrected chi connectivity index (χ2v) is 8.18. The largest absolute Gasteiger partial charge is 0.310 e. The van der Waals surface area contributed by atoms with Crippen LogP contribution in [0.2, 0.25) is 0 Å². The van der Waals surface area contributed by atoms with Gasteiger partial charge in [0, 0.05) is 11.6 Å². The average Bonchev–Trinajstić information content (AvgIpc) is 2.25. The van der Waals surface area contributed by atoms with Crippen LogP contribution in [0.15, 0.2) is 12.2 Å². The van der Waals surface area contributed by atoms with Gasteiger partial charge >= 0.3 is 0 Å². The van der Waals surface area contributed by atoms with Crippen LogP contribution in [0, 0.1) is 34.5 Å². The van der Waals surface area contributed by atoms with E-state index in [1.807, 2.05) is 6.92 Å². The minimum Gasteiger partial charge on any atom is -0.310 e. The van der Waals surface area contributed by atoms with Crippen LogP contribution in [0.5, 0.6) is 0 Å². The summed E-state index contributed by atoms with van der Waals surface area (Å²) in [4.78, 5) is 0. The smallest absolute Gasteiger partial charge is 0.00950 e. The molecule has 1 rings (SSSR count). The molecule has 0 aliphatic heterocycles. The third kappa shape index (κ3) is 4.46. The number of nitrogens with one attached hydrogen (secondary N) is 1. The maximum Gasteiger partial charge on any atom is 0.00950 e. The maximum absolute atomic E-state index is 8.22. The highest BCUT2D eigenvalue weighted by atomic mass is 14.5. The monoisotopic (exact) mass is 277 g/mol. The van der Waals surface area contributed by atoms with Crippen LogP contribution in [0.25, 0.3) is 0 Å². The van der Waals surface area contributed by atoms with Crippen molar-refractivity contribution in [2.75, 3.05) is 0 Å². The van der Waals surface area contributed by atoms with E-state index in [0.717, 1.165) is 17.5 Å². The molecule has 0 spiro atoms. The molecule has 20 heavy (non-hydrogen) atoms. The van der Waals surface area contributed by atoms with E-state index in [4.69, 9.17) is 5.41 Å². The molecule has 1 nitrogen and oxygen atoms in total. The van der Waals surface area contributed by atoms with Crippen molar-refractivity contribution in [1.29, 1.82) is 5.41 Å². The highest BCUT2D eigenvalue weighted by Gasteiger charge is 2.33. The van der Waals surface area contributed by atoms with Crippen LogP contribution in [0.1, 0.15) is 73.6 Å². The molecule has 1 N–H and O–H groups in total. The van der Waals surface area contributed by atoms with Gasteiger partial charge in [-0.3, -0.25) is 0 Å². The molecule has 1 aliphatic carbocycles. The van der Waals surface area contributed by atoms with Gasteiger partial charge in [0.15, 0.2) is 0 Å². The minimum absolute atomic E-state index is 0.162. The van der Waals surface area contributed by atoms with E-state index in [1.165, 1.54) is 37.7 Å². The summed E-state index contributed by atoms with van der Waals surface area (Å²) in [6, 6.07) is 0. The zero-order valence-electron chi connectivity index (χ0n) is 14.6. The van der Waals surface area contributed by atoms with Crippen molar-refractivity contribution in [3.8, 4) is 0 Å². The van der Waals surface area contributed by atoms with E-state index in [1.54, 1.807) is 0 Å². The van der Waals surface area contributed by atoms with Crippen LogP contribution < -0.4 is 0 Å². The van der Waals surface area contributed by atoms with Gasteiger partial charge in [-0.05, 0) is 49.4 Å². The molecule has 0 bridgehead atoms. The van der Waals surface area contributed by atoms with Gasteiger partial charge in [0.25, 0.3) is 0 Å². The van der Waals surface area contributed by atoms with Crippen LogP contribution in [-0.2, 0) is 0 Å². The molecule has 0 saturated heterocycles. The number of rotatable bonds is 3. The predicted molar refractivity (Wildman–Crippen MR) is 90.4 cm³/mol. The molecule has 116 valence electrons. The Kier molecular flexibility index (Phi) is 6.04. The zero-order valence-corrected chi connectivity index (χ0v) is 14.6. The van der Waals surface area contributed by atoms with Gasteiger partial charge < -0.3 is 5.41 Å². The van der Waals surface area contributed by atoms with Crippen molar-refractivity contribution < 1.29 is 0 Å². The Balaban J connectivity index is 2.89. The fraction of sp³-hybridized carbons (Fsp3) is 0.842. The standard InChI is InChI=1S/C19H35N/c1-13(2)16-9-8-10-17(14(3)19(5,6)7)18(12-11-16)15(4)20/h13,16-18,20H,3,8-12H2,1-2,4-7H3. The van der Waals surface area contributed by atoms with Gasteiger partial charge in [0.1, 0.15) is 0 Å². The number of hydrogen-bond donors (Lipinski definition) is 1. The molecule has 0 aromatic rings. The Hall–Kier alpha value is -0.590. The molecule has 0 aromatic carbocycles. The molecule has 1 heteroatoms. The fourth-order valence-electron chi connectivity index (χ4n) is 3.70. The highest BCUT2D eigenvalue weighted by molar-refractivity contribution is 5.81. The minimum atomic E-state index is 0.162. The molecule has 0 radical (unpaired) electrons. The number of hydrogen-bond acceptors (Lipinski definition) is 1. The Labute approximate surface area is 126 Å². The van der Waals surface area contributed by atoms with E-state index in [2.05, 4.69) is 41.2 Å². The topological polar surface area (TPSA) is 23.9 Å². The first-order valence-corrected chi connectivity index (χ1v) is 8.39. The highest BCUT2D eigenvalue weighted by Crippen LogP contribution is 2.42. The molecule has 3 unspecified atom stereocenters. The van der Waals surface area contributed by atoms with Crippen molar-refractivity contribution in [3.63, 3.8) is 0 Å². The molecule has 0 aromatic heterocycles. The summed E-state index contributed by atoms with van der Waals surface area (Å²) >= 11 is 0. The first-order valence-electron chi connectivity index (χ1n) is 8.39. The normalized spacial score (nSPS) is 28.9. The van der Waals surface area contributed by atoms with Gasteiger partial charge in [0.2, 0.25) is 0 Å². The van der Waals surface area contributed by atoms with E-state index in [-0.39, 0.29) is 5.41 Å². The van der Waals surface area contributed by atoms with Crippen molar-refractivity contribution >= 4 is 5.71 Å². The Morgan fingerprint density at radius 2 is 1.65 bits per heavy atom. The predicted octanol–water partition coefficient (Wildman–Crippen LogP) is 6.10. The van der Waals surface area contributed by atoms with Gasteiger partial charge in [-0.25, -0.2) is 0 Å². The first kappa shape index (κ1) is 17.5. The molecule has 1 fully saturated rings. The summed E-state index contributed by atoms with van der Waals surface area (Å²) in [7, 11) is 0. The van der Waals surface area contributed by atoms with Gasteiger partial charge in [-0.1, -0.05) is 59.6 Å². The summed E-state index contributed by atoms with van der Waals surface area (Å²) in [5, 5.41) is 8.22. The van der Waals surface area contributed by atoms with E-state index in [9.17, 15) is 0 Å². The average molecular weight is 277 g/mol. The molecule has 1 saturated carbocycles. The van der Waals surface area contributed by atoms with Crippen molar-refractivity contribution in [2.24, 2.45) is 29.1 Å². The van der Waals surface area contributed by atoms with Crippen LogP contribution in [0.3, 0.4) is 0 Å². The molecule has 0 amide bonds. The summed E-state index contributed by atoms with van der Waals surface area (Å²) in [5.41, 5.74) is 2.39. The van der Waals surface area contributed by atoms with Gasteiger partial charge in [-0.15, -0.1) is 0 Å². The Morgan fingerprint density at radius 3 is 2.10 bits per heavy atom. The zero-order chi connectivity index (χ0) is 15.5. The second-order valence-electron chi connectivity index (χ2n) is 8.18. The lowest BCUT2D eigenvalue weighted by molar-refractivity contribution is 0.240. The van der Waals surface area contributed by atoms with Crippen LogP contribution in [0.4, 0.5) is 0 Å². The van der Waals surface area contributed by atoms with Crippen molar-refractivity contribution in [1.82, 2.24) is 0 Å². The quantitative estimate of drug-likeness (QED) is 0.476. The van der Waals surface area contributed by atoms with E-state index >= 15 is 0 Å². The Morgan fingerprint density at radius 1 is 1.05 bits per heavy atom. The van der Waals surface area contributed by atoms with Crippen LogP contribution >= 0.6 is 0 Å². The third-order valence-corrected chi connectivity index (χ3v) is 5.33.